The van der Waals surface area contributed by atoms with E-state index in [0.29, 0.717) is 0 Å². The van der Waals surface area contributed by atoms with E-state index < -0.39 is 67.2 Å². The molecule has 2 fully saturated rings. The Morgan fingerprint density at radius 3 is 2.19 bits per heavy atom. The summed E-state index contributed by atoms with van der Waals surface area (Å²) in [4.78, 5) is 22.7. The molecule has 2 heterocycles. The molecule has 0 spiro atoms. The van der Waals surface area contributed by atoms with Crippen molar-refractivity contribution in [3.05, 3.63) is 0 Å². The third kappa shape index (κ3) is 5.56. The maximum atomic E-state index is 11.4. The number of hydrogen-bond acceptors (Lipinski definition) is 10. The van der Waals surface area contributed by atoms with Crippen molar-refractivity contribution in [1.82, 2.24) is 10.6 Å². The zero-order chi connectivity index (χ0) is 20.3. The molecule has 2 aliphatic heterocycles. The molecule has 2 saturated heterocycles. The summed E-state index contributed by atoms with van der Waals surface area (Å²) in [6.45, 7) is 2.29. The van der Waals surface area contributed by atoms with Crippen molar-refractivity contribution >= 4 is 11.8 Å². The molecular weight excluding hydrogens is 368 g/mol. The van der Waals surface area contributed by atoms with Gasteiger partial charge in [0.25, 0.3) is 0 Å². The van der Waals surface area contributed by atoms with Crippen molar-refractivity contribution in [2.45, 2.75) is 75.6 Å². The molecule has 9 atom stereocenters. The van der Waals surface area contributed by atoms with Crippen molar-refractivity contribution in [3.8, 4) is 0 Å². The Balaban J connectivity index is 1.96. The molecule has 0 saturated carbocycles. The number of carbonyl (C=O) groups excluding carboxylic acids is 2. The Labute approximate surface area is 155 Å². The van der Waals surface area contributed by atoms with Gasteiger partial charge in [0.05, 0.1) is 24.9 Å². The fraction of sp³-hybridized carbons (Fsp3) is 0.867. The van der Waals surface area contributed by atoms with E-state index in [2.05, 4.69) is 10.6 Å². The summed E-state index contributed by atoms with van der Waals surface area (Å²) in [7, 11) is 0. The highest BCUT2D eigenvalue weighted by atomic mass is 16.7. The lowest BCUT2D eigenvalue weighted by molar-refractivity contribution is -0.344. The molecule has 2 amide bonds. The average Bonchev–Trinajstić information content (AvgIpc) is 2.57. The van der Waals surface area contributed by atoms with E-state index in [1.807, 2.05) is 0 Å². The first kappa shape index (κ1) is 21.9. The number of carbonyl (C=O) groups is 2. The summed E-state index contributed by atoms with van der Waals surface area (Å²) in [6.07, 6.45) is -10.9. The van der Waals surface area contributed by atoms with Crippen LogP contribution in [0.4, 0.5) is 0 Å². The normalized spacial score (nSPS) is 42.4. The molecule has 0 aromatic heterocycles. The largest absolute Gasteiger partial charge is 0.391 e. The Hall–Kier alpha value is -1.38. The smallest absolute Gasteiger partial charge is 0.218 e. The maximum Gasteiger partial charge on any atom is 0.218 e. The first-order valence-corrected chi connectivity index (χ1v) is 8.47. The second-order valence-electron chi connectivity index (χ2n) is 6.61. The predicted molar refractivity (Wildman–Crippen MR) is 85.6 cm³/mol. The molecule has 2 rings (SSSR count). The van der Waals surface area contributed by atoms with Crippen LogP contribution in [0.15, 0.2) is 0 Å². The van der Waals surface area contributed by atoms with Crippen molar-refractivity contribution in [1.29, 1.82) is 0 Å². The minimum absolute atomic E-state index is 0.0393. The van der Waals surface area contributed by atoms with Gasteiger partial charge in [0.15, 0.2) is 18.8 Å². The quantitative estimate of drug-likeness (QED) is 0.241. The number of aliphatic hydroxyl groups excluding tert-OH is 5. The third-order valence-electron chi connectivity index (χ3n) is 4.29. The highest BCUT2D eigenvalue weighted by Crippen LogP contribution is 2.24. The molecule has 156 valence electrons. The van der Waals surface area contributed by atoms with Gasteiger partial charge in [-0.3, -0.25) is 9.59 Å². The van der Waals surface area contributed by atoms with Crippen LogP contribution in [-0.2, 0) is 23.8 Å². The molecule has 0 aromatic carbocycles. The Morgan fingerprint density at radius 1 is 0.963 bits per heavy atom. The summed E-state index contributed by atoms with van der Waals surface area (Å²) in [5.74, 6) is -0.844. The van der Waals surface area contributed by atoms with Crippen molar-refractivity contribution in [2.75, 3.05) is 6.61 Å². The van der Waals surface area contributed by atoms with E-state index in [-0.39, 0.29) is 13.0 Å². The van der Waals surface area contributed by atoms with Gasteiger partial charge in [-0.15, -0.1) is 0 Å². The van der Waals surface area contributed by atoms with E-state index in [9.17, 15) is 35.1 Å². The highest BCUT2D eigenvalue weighted by Gasteiger charge is 2.45. The van der Waals surface area contributed by atoms with Crippen LogP contribution in [0.2, 0.25) is 0 Å². The van der Waals surface area contributed by atoms with Crippen LogP contribution < -0.4 is 10.6 Å². The topological polar surface area (TPSA) is 187 Å². The molecule has 0 aromatic rings. The van der Waals surface area contributed by atoms with Crippen LogP contribution in [0.3, 0.4) is 0 Å². The lowest BCUT2D eigenvalue weighted by Crippen LogP contribution is -2.63. The van der Waals surface area contributed by atoms with Crippen LogP contribution in [0.5, 0.6) is 0 Å². The van der Waals surface area contributed by atoms with Crippen LogP contribution in [0.1, 0.15) is 20.3 Å². The van der Waals surface area contributed by atoms with Gasteiger partial charge in [-0.05, 0) is 0 Å². The average molecular weight is 394 g/mol. The van der Waals surface area contributed by atoms with Gasteiger partial charge >= 0.3 is 0 Å². The molecule has 2 aliphatic rings. The van der Waals surface area contributed by atoms with E-state index in [1.165, 1.54) is 13.8 Å². The molecule has 0 aliphatic carbocycles. The lowest BCUT2D eigenvalue weighted by atomic mass is 9.99. The monoisotopic (exact) mass is 394 g/mol. The standard InChI is InChI=1S/C15H26N2O10/c1-5(18)16-9-8(20)3-7(26-13(9)17-6(2)19)4-25-15-12(23)10(21)11(22)14(24)27-15/h7-15,20-24H,3-4H2,1-2H3,(H,16,18)(H,17,19)/t7-,8-,9+,10+,11-,12-,13+,14+,15+/m0/s1. The van der Waals surface area contributed by atoms with Gasteiger partial charge in [-0.25, -0.2) is 0 Å². The molecule has 7 N–H and O–H groups in total. The fourth-order valence-electron chi connectivity index (χ4n) is 2.97. The van der Waals surface area contributed by atoms with Gasteiger partial charge in [-0.2, -0.15) is 0 Å². The van der Waals surface area contributed by atoms with Crippen LogP contribution in [0, 0.1) is 0 Å². The van der Waals surface area contributed by atoms with Crippen LogP contribution >= 0.6 is 0 Å². The van der Waals surface area contributed by atoms with Crippen molar-refractivity contribution < 1.29 is 49.3 Å². The SMILES string of the molecule is CC(=O)N[C@H]1[C@H](NC(C)=O)O[C@H](CO[C@@H]2O[C@@H](O)[C@@H](O)[C@@H](O)[C@@H]2O)C[C@@H]1O. The van der Waals surface area contributed by atoms with Gasteiger partial charge in [-0.1, -0.05) is 0 Å². The fourth-order valence-corrected chi connectivity index (χ4v) is 2.97. The van der Waals surface area contributed by atoms with E-state index in [0.717, 1.165) is 0 Å². The minimum Gasteiger partial charge on any atom is -0.391 e. The van der Waals surface area contributed by atoms with Gasteiger partial charge < -0.3 is 50.4 Å². The molecular formula is C15H26N2O10. The zero-order valence-corrected chi connectivity index (χ0v) is 14.9. The first-order chi connectivity index (χ1) is 12.6. The summed E-state index contributed by atoms with van der Waals surface area (Å²) < 4.78 is 15.8. The number of amides is 2. The number of rotatable bonds is 5. The number of nitrogens with one attached hydrogen (secondary N) is 2. The number of hydrogen-bond donors (Lipinski definition) is 7. The zero-order valence-electron chi connectivity index (χ0n) is 14.9. The molecule has 0 radical (unpaired) electrons. The van der Waals surface area contributed by atoms with E-state index in [4.69, 9.17) is 14.2 Å². The maximum absolute atomic E-state index is 11.4. The molecule has 12 heteroatoms. The van der Waals surface area contributed by atoms with Gasteiger partial charge in [0.2, 0.25) is 11.8 Å². The predicted octanol–water partition coefficient (Wildman–Crippen LogP) is -4.12. The molecule has 0 bridgehead atoms. The number of aliphatic hydroxyl groups is 5. The Bertz CT molecular complexity index is 535. The van der Waals surface area contributed by atoms with Gasteiger partial charge in [0.1, 0.15) is 18.3 Å². The van der Waals surface area contributed by atoms with E-state index in [1.54, 1.807) is 0 Å². The summed E-state index contributed by atoms with van der Waals surface area (Å²) in [6, 6.07) is -0.863. The summed E-state index contributed by atoms with van der Waals surface area (Å²) in [5, 5.41) is 53.7. The number of ether oxygens (including phenoxy) is 3. The summed E-state index contributed by atoms with van der Waals surface area (Å²) >= 11 is 0. The van der Waals surface area contributed by atoms with Crippen LogP contribution in [0.25, 0.3) is 0 Å². The highest BCUT2D eigenvalue weighted by molar-refractivity contribution is 5.74. The molecule has 27 heavy (non-hydrogen) atoms. The van der Waals surface area contributed by atoms with E-state index >= 15 is 0 Å². The molecule has 0 unspecified atom stereocenters. The Morgan fingerprint density at radius 2 is 1.59 bits per heavy atom. The van der Waals surface area contributed by atoms with Crippen molar-refractivity contribution in [2.24, 2.45) is 0 Å². The minimum atomic E-state index is -1.75. The third-order valence-corrected chi connectivity index (χ3v) is 4.29. The molecule has 12 nitrogen and oxygen atoms in total. The Kier molecular flexibility index (Phi) is 7.47. The van der Waals surface area contributed by atoms with Crippen molar-refractivity contribution in [3.63, 3.8) is 0 Å². The second kappa shape index (κ2) is 9.21. The lowest BCUT2D eigenvalue weighted by Gasteiger charge is -2.41. The first-order valence-electron chi connectivity index (χ1n) is 8.47. The van der Waals surface area contributed by atoms with Gasteiger partial charge in [0, 0.05) is 20.3 Å². The van der Waals surface area contributed by atoms with Crippen LogP contribution in [-0.4, -0.2) is 99.3 Å². The second-order valence-corrected chi connectivity index (χ2v) is 6.61. The summed E-state index contributed by atoms with van der Waals surface area (Å²) in [5.41, 5.74) is 0.